The summed E-state index contributed by atoms with van der Waals surface area (Å²) in [6, 6.07) is 6.75. The van der Waals surface area contributed by atoms with Crippen LogP contribution in [-0.2, 0) is 4.79 Å². The average molecular weight is 412 g/mol. The van der Waals surface area contributed by atoms with Crippen molar-refractivity contribution in [3.8, 4) is 5.88 Å². The number of carboxylic acid groups (broad SMARTS) is 1. The Labute approximate surface area is 171 Å². The minimum absolute atomic E-state index is 0.0534. The summed E-state index contributed by atoms with van der Waals surface area (Å²) in [7, 11) is 0. The molecule has 3 N–H and O–H groups in total. The fourth-order valence-electron chi connectivity index (χ4n) is 3.48. The SMILES string of the molecule is Nc1ncnc2c1C(=O)N(c1ccc(N3CCN(CCC(=O)O)C3=O)cc1)CCO2. The second-order valence-electron chi connectivity index (χ2n) is 6.83. The summed E-state index contributed by atoms with van der Waals surface area (Å²) in [6.45, 7) is 1.66. The van der Waals surface area contributed by atoms with Crippen LogP contribution in [0.1, 0.15) is 16.8 Å². The van der Waals surface area contributed by atoms with Crippen LogP contribution in [0, 0.1) is 0 Å². The number of nitrogens with zero attached hydrogens (tertiary/aromatic N) is 5. The van der Waals surface area contributed by atoms with Crippen molar-refractivity contribution in [2.75, 3.05) is 48.3 Å². The Morgan fingerprint density at radius 1 is 1.07 bits per heavy atom. The van der Waals surface area contributed by atoms with E-state index in [1.165, 1.54) is 16.1 Å². The van der Waals surface area contributed by atoms with Gasteiger partial charge in [-0.1, -0.05) is 0 Å². The highest BCUT2D eigenvalue weighted by molar-refractivity contribution is 6.10. The molecule has 0 saturated carbocycles. The number of rotatable bonds is 5. The number of carbonyl (C=O) groups excluding carboxylic acids is 2. The second-order valence-corrected chi connectivity index (χ2v) is 6.83. The first-order valence-electron chi connectivity index (χ1n) is 9.39. The van der Waals surface area contributed by atoms with Gasteiger partial charge in [0.15, 0.2) is 0 Å². The van der Waals surface area contributed by atoms with Gasteiger partial charge in [-0.15, -0.1) is 0 Å². The molecule has 1 saturated heterocycles. The minimum Gasteiger partial charge on any atom is -0.481 e. The third-order valence-electron chi connectivity index (χ3n) is 5.02. The molecule has 11 nitrogen and oxygen atoms in total. The number of fused-ring (bicyclic) bond motifs is 1. The fraction of sp³-hybridized carbons (Fsp3) is 0.316. The number of benzene rings is 1. The average Bonchev–Trinajstić information content (AvgIpc) is 3.00. The number of nitrogens with two attached hydrogens (primary N) is 1. The Balaban J connectivity index is 1.51. The maximum absolute atomic E-state index is 13.0. The van der Waals surface area contributed by atoms with E-state index in [2.05, 4.69) is 9.97 Å². The minimum atomic E-state index is -0.940. The number of hydrogen-bond acceptors (Lipinski definition) is 7. The Bertz CT molecular complexity index is 995. The van der Waals surface area contributed by atoms with E-state index in [0.29, 0.717) is 31.0 Å². The maximum atomic E-state index is 13.0. The van der Waals surface area contributed by atoms with Crippen molar-refractivity contribution >= 4 is 35.1 Å². The fourth-order valence-corrected chi connectivity index (χ4v) is 3.48. The molecule has 0 atom stereocenters. The number of urea groups is 1. The van der Waals surface area contributed by atoms with Crippen LogP contribution in [0.2, 0.25) is 0 Å². The van der Waals surface area contributed by atoms with Gasteiger partial charge in [0.05, 0.1) is 13.0 Å². The van der Waals surface area contributed by atoms with Crippen molar-refractivity contribution in [1.29, 1.82) is 0 Å². The van der Waals surface area contributed by atoms with Crippen LogP contribution in [0.4, 0.5) is 22.0 Å². The monoisotopic (exact) mass is 412 g/mol. The molecule has 1 aromatic carbocycles. The molecule has 11 heteroatoms. The van der Waals surface area contributed by atoms with Gasteiger partial charge in [-0.25, -0.2) is 14.8 Å². The van der Waals surface area contributed by atoms with Crippen molar-refractivity contribution in [2.24, 2.45) is 0 Å². The summed E-state index contributed by atoms with van der Waals surface area (Å²) in [5.74, 6) is -1.08. The van der Waals surface area contributed by atoms with E-state index in [1.54, 1.807) is 29.2 Å². The number of hydrogen-bond donors (Lipinski definition) is 2. The quantitative estimate of drug-likeness (QED) is 0.735. The number of nitrogen functional groups attached to an aromatic ring is 1. The summed E-state index contributed by atoms with van der Waals surface area (Å²) < 4.78 is 5.53. The van der Waals surface area contributed by atoms with Crippen molar-refractivity contribution in [3.63, 3.8) is 0 Å². The van der Waals surface area contributed by atoms with E-state index < -0.39 is 5.97 Å². The lowest BCUT2D eigenvalue weighted by molar-refractivity contribution is -0.137. The number of carbonyl (C=O) groups is 3. The summed E-state index contributed by atoms with van der Waals surface area (Å²) in [5, 5.41) is 8.81. The zero-order valence-corrected chi connectivity index (χ0v) is 16.0. The largest absolute Gasteiger partial charge is 0.481 e. The third kappa shape index (κ3) is 3.56. The molecule has 30 heavy (non-hydrogen) atoms. The molecule has 3 heterocycles. The van der Waals surface area contributed by atoms with E-state index in [0.717, 1.165) is 0 Å². The van der Waals surface area contributed by atoms with E-state index in [1.807, 2.05) is 0 Å². The molecule has 156 valence electrons. The van der Waals surface area contributed by atoms with Crippen LogP contribution in [0.3, 0.4) is 0 Å². The molecular weight excluding hydrogens is 392 g/mol. The molecule has 2 aliphatic rings. The number of ether oxygens (including phenoxy) is 1. The van der Waals surface area contributed by atoms with Crippen molar-refractivity contribution in [2.45, 2.75) is 6.42 Å². The van der Waals surface area contributed by atoms with Gasteiger partial charge in [0, 0.05) is 31.0 Å². The number of carboxylic acids is 1. The first kappa shape index (κ1) is 19.4. The predicted octanol–water partition coefficient (Wildman–Crippen LogP) is 0.815. The van der Waals surface area contributed by atoms with Crippen molar-refractivity contribution < 1.29 is 24.2 Å². The van der Waals surface area contributed by atoms with E-state index in [4.69, 9.17) is 15.6 Å². The van der Waals surface area contributed by atoms with Crippen molar-refractivity contribution in [3.05, 3.63) is 36.2 Å². The number of aromatic nitrogens is 2. The Hall–Kier alpha value is -3.89. The molecule has 0 spiro atoms. The van der Waals surface area contributed by atoms with Gasteiger partial charge in [0.25, 0.3) is 5.91 Å². The van der Waals surface area contributed by atoms with Crippen LogP contribution in [0.5, 0.6) is 5.88 Å². The van der Waals surface area contributed by atoms with Gasteiger partial charge in [-0.3, -0.25) is 14.5 Å². The Kier molecular flexibility index (Phi) is 5.09. The van der Waals surface area contributed by atoms with Gasteiger partial charge < -0.3 is 25.4 Å². The molecular formula is C19H20N6O5. The molecule has 1 fully saturated rings. The summed E-state index contributed by atoms with van der Waals surface area (Å²) in [6.07, 6.45) is 1.16. The molecule has 1 aromatic heterocycles. The highest BCUT2D eigenvalue weighted by Crippen LogP contribution is 2.29. The third-order valence-corrected chi connectivity index (χ3v) is 5.02. The molecule has 2 aliphatic heterocycles. The molecule has 0 bridgehead atoms. The van der Waals surface area contributed by atoms with Crippen molar-refractivity contribution in [1.82, 2.24) is 14.9 Å². The van der Waals surface area contributed by atoms with Crippen LogP contribution >= 0.6 is 0 Å². The molecule has 2 aromatic rings. The molecule has 0 aliphatic carbocycles. The molecule has 0 radical (unpaired) electrons. The van der Waals surface area contributed by atoms with E-state index in [-0.39, 0.29) is 48.8 Å². The maximum Gasteiger partial charge on any atom is 0.324 e. The smallest absolute Gasteiger partial charge is 0.324 e. The first-order valence-corrected chi connectivity index (χ1v) is 9.39. The zero-order valence-electron chi connectivity index (χ0n) is 16.0. The lowest BCUT2D eigenvalue weighted by Gasteiger charge is -2.22. The Morgan fingerprint density at radius 3 is 2.47 bits per heavy atom. The topological polar surface area (TPSA) is 142 Å². The summed E-state index contributed by atoms with van der Waals surface area (Å²) in [5.41, 5.74) is 7.28. The second kappa shape index (κ2) is 7.85. The summed E-state index contributed by atoms with van der Waals surface area (Å²) >= 11 is 0. The lowest BCUT2D eigenvalue weighted by atomic mass is 10.2. The van der Waals surface area contributed by atoms with Gasteiger partial charge in [-0.05, 0) is 24.3 Å². The van der Waals surface area contributed by atoms with E-state index in [9.17, 15) is 14.4 Å². The number of aliphatic carboxylic acids is 1. The number of anilines is 3. The molecule has 0 unspecified atom stereocenters. The highest BCUT2D eigenvalue weighted by Gasteiger charge is 2.31. The first-order chi connectivity index (χ1) is 14.5. The van der Waals surface area contributed by atoms with Crippen LogP contribution < -0.4 is 20.3 Å². The summed E-state index contributed by atoms with van der Waals surface area (Å²) in [4.78, 5) is 48.7. The predicted molar refractivity (Wildman–Crippen MR) is 107 cm³/mol. The van der Waals surface area contributed by atoms with Crippen LogP contribution in [-0.4, -0.2) is 70.7 Å². The van der Waals surface area contributed by atoms with Gasteiger partial charge in [-0.2, -0.15) is 0 Å². The molecule has 3 amide bonds. The van der Waals surface area contributed by atoms with E-state index >= 15 is 0 Å². The zero-order chi connectivity index (χ0) is 21.3. The standard InChI is InChI=1S/C19H20N6O5/c20-16-15-17(22-11-21-16)30-10-9-24(18(15)28)12-1-3-13(4-2-12)25-8-7-23(19(25)29)6-5-14(26)27/h1-4,11H,5-10H2,(H,26,27)(H2,20,21,22). The van der Waals surface area contributed by atoms with Gasteiger partial charge in [0.1, 0.15) is 24.3 Å². The highest BCUT2D eigenvalue weighted by atomic mass is 16.5. The Morgan fingerprint density at radius 2 is 1.77 bits per heavy atom. The number of amides is 3. The van der Waals surface area contributed by atoms with Gasteiger partial charge in [0.2, 0.25) is 5.88 Å². The normalized spacial score (nSPS) is 16.3. The lowest BCUT2D eigenvalue weighted by Crippen LogP contribution is -2.34. The van der Waals surface area contributed by atoms with Gasteiger partial charge >= 0.3 is 12.0 Å². The molecule has 4 rings (SSSR count). The van der Waals surface area contributed by atoms with Crippen LogP contribution in [0.25, 0.3) is 0 Å². The van der Waals surface area contributed by atoms with Crippen LogP contribution in [0.15, 0.2) is 30.6 Å².